The van der Waals surface area contributed by atoms with E-state index < -0.39 is 5.60 Å². The first-order chi connectivity index (χ1) is 12.2. The molecule has 1 aromatic carbocycles. The standard InChI is InChI=1S/C21H20O5/c1-10(2)11-7-13-18(24)17-14(22)9-16-12(5-6-21(3,4)26-16)20(17)25-19(13)15(23)8-11/h5-6,9,11,22H,1,7-8H2,2-4H3/t11-/m0/s1. The molecule has 0 saturated heterocycles. The third-order valence-electron chi connectivity index (χ3n) is 5.10. The molecule has 0 amide bonds. The second-order valence-electron chi connectivity index (χ2n) is 7.66. The van der Waals surface area contributed by atoms with Crippen LogP contribution < -0.4 is 10.2 Å². The second-order valence-corrected chi connectivity index (χ2v) is 7.66. The number of ketones is 1. The number of phenols is 1. The molecule has 1 aromatic heterocycles. The first kappa shape index (κ1) is 16.6. The fourth-order valence-electron chi connectivity index (χ4n) is 3.62. The number of carbonyl (C=O) groups excluding carboxylic acids is 1. The molecule has 0 bridgehead atoms. The van der Waals surface area contributed by atoms with E-state index in [1.807, 2.05) is 26.8 Å². The predicted octanol–water partition coefficient (Wildman–Crippen LogP) is 4.00. The lowest BCUT2D eigenvalue weighted by atomic mass is 9.82. The van der Waals surface area contributed by atoms with Crippen molar-refractivity contribution in [1.82, 2.24) is 0 Å². The van der Waals surface area contributed by atoms with Gasteiger partial charge in [-0.2, -0.15) is 0 Å². The largest absolute Gasteiger partial charge is 0.507 e. The molecule has 0 unspecified atom stereocenters. The van der Waals surface area contributed by atoms with Crippen LogP contribution in [0.5, 0.6) is 11.5 Å². The van der Waals surface area contributed by atoms with E-state index in [0.717, 1.165) is 5.57 Å². The summed E-state index contributed by atoms with van der Waals surface area (Å²) in [7, 11) is 0. The van der Waals surface area contributed by atoms with E-state index >= 15 is 0 Å². The second kappa shape index (κ2) is 5.34. The molecular weight excluding hydrogens is 332 g/mol. The zero-order valence-electron chi connectivity index (χ0n) is 15.0. The average molecular weight is 352 g/mol. The summed E-state index contributed by atoms with van der Waals surface area (Å²) in [6.45, 7) is 9.53. The number of hydrogen-bond donors (Lipinski definition) is 1. The van der Waals surface area contributed by atoms with Gasteiger partial charge in [0.15, 0.2) is 22.6 Å². The van der Waals surface area contributed by atoms with Crippen molar-refractivity contribution >= 4 is 22.8 Å². The molecule has 2 aromatic rings. The van der Waals surface area contributed by atoms with E-state index in [1.54, 1.807) is 6.08 Å². The number of hydrogen-bond acceptors (Lipinski definition) is 5. The predicted molar refractivity (Wildman–Crippen MR) is 98.8 cm³/mol. The Balaban J connectivity index is 2.03. The van der Waals surface area contributed by atoms with Crippen LogP contribution >= 0.6 is 0 Å². The van der Waals surface area contributed by atoms with Crippen molar-refractivity contribution in [2.24, 2.45) is 5.92 Å². The van der Waals surface area contributed by atoms with Gasteiger partial charge in [0.25, 0.3) is 0 Å². The summed E-state index contributed by atoms with van der Waals surface area (Å²) in [6, 6.07) is 1.44. The van der Waals surface area contributed by atoms with Crippen LogP contribution in [0.3, 0.4) is 0 Å². The number of ether oxygens (including phenoxy) is 1. The Kier molecular flexibility index (Phi) is 3.41. The Labute approximate surface area is 150 Å². The maximum atomic E-state index is 13.1. The first-order valence-electron chi connectivity index (χ1n) is 8.60. The van der Waals surface area contributed by atoms with E-state index in [9.17, 15) is 14.7 Å². The lowest BCUT2D eigenvalue weighted by Gasteiger charge is -2.28. The molecule has 1 atom stereocenters. The monoisotopic (exact) mass is 352 g/mol. The van der Waals surface area contributed by atoms with Crippen molar-refractivity contribution in [2.45, 2.75) is 39.2 Å². The van der Waals surface area contributed by atoms with Crippen LogP contribution in [0, 0.1) is 5.92 Å². The van der Waals surface area contributed by atoms with Gasteiger partial charge in [0.05, 0.1) is 5.56 Å². The average Bonchev–Trinajstić information content (AvgIpc) is 2.54. The molecular formula is C21H20O5. The quantitative estimate of drug-likeness (QED) is 0.785. The van der Waals surface area contributed by atoms with Gasteiger partial charge in [0, 0.05) is 18.1 Å². The van der Waals surface area contributed by atoms with Gasteiger partial charge in [0.1, 0.15) is 22.5 Å². The number of fused-ring (bicyclic) bond motifs is 4. The number of rotatable bonds is 1. The van der Waals surface area contributed by atoms with Gasteiger partial charge >= 0.3 is 0 Å². The smallest absolute Gasteiger partial charge is 0.200 e. The first-order valence-corrected chi connectivity index (χ1v) is 8.60. The normalized spacial score (nSPS) is 20.4. The summed E-state index contributed by atoms with van der Waals surface area (Å²) in [6.07, 6.45) is 4.33. The molecule has 134 valence electrons. The molecule has 2 heterocycles. The minimum Gasteiger partial charge on any atom is -0.507 e. The fraction of sp³-hybridized carbons (Fsp3) is 0.333. The number of carbonyl (C=O) groups is 1. The highest BCUT2D eigenvalue weighted by atomic mass is 16.5. The number of allylic oxidation sites excluding steroid dienone is 1. The number of aromatic hydroxyl groups is 1. The van der Waals surface area contributed by atoms with Gasteiger partial charge in [-0.05, 0) is 45.3 Å². The molecule has 1 aliphatic carbocycles. The topological polar surface area (TPSA) is 76.7 Å². The van der Waals surface area contributed by atoms with Gasteiger partial charge < -0.3 is 14.3 Å². The van der Waals surface area contributed by atoms with Crippen molar-refractivity contribution in [3.8, 4) is 11.5 Å². The van der Waals surface area contributed by atoms with Gasteiger partial charge in [-0.15, -0.1) is 0 Å². The van der Waals surface area contributed by atoms with Crippen molar-refractivity contribution in [2.75, 3.05) is 0 Å². The minimum atomic E-state index is -0.536. The van der Waals surface area contributed by atoms with Crippen LogP contribution in [0.4, 0.5) is 0 Å². The Bertz CT molecular complexity index is 1070. The summed E-state index contributed by atoms with van der Waals surface area (Å²) in [5.41, 5.74) is 1.03. The number of Topliss-reactive ketones (excluding diaryl/α,β-unsaturated/α-hetero) is 1. The highest BCUT2D eigenvalue weighted by molar-refractivity contribution is 6.00. The van der Waals surface area contributed by atoms with Crippen LogP contribution in [0.25, 0.3) is 17.0 Å². The summed E-state index contributed by atoms with van der Waals surface area (Å²) in [5.74, 6) is 0.0153. The molecule has 0 spiro atoms. The molecule has 5 heteroatoms. The maximum absolute atomic E-state index is 13.1. The highest BCUT2D eigenvalue weighted by Gasteiger charge is 2.33. The van der Waals surface area contributed by atoms with Crippen LogP contribution in [0.15, 0.2) is 33.5 Å². The highest BCUT2D eigenvalue weighted by Crippen LogP contribution is 2.41. The molecule has 0 fully saturated rings. The molecule has 0 saturated carbocycles. The lowest BCUT2D eigenvalue weighted by Crippen LogP contribution is -2.29. The van der Waals surface area contributed by atoms with E-state index in [4.69, 9.17) is 9.15 Å². The van der Waals surface area contributed by atoms with E-state index in [-0.39, 0.29) is 46.0 Å². The van der Waals surface area contributed by atoms with E-state index in [0.29, 0.717) is 23.3 Å². The molecule has 1 N–H and O–H groups in total. The van der Waals surface area contributed by atoms with Crippen molar-refractivity contribution in [3.63, 3.8) is 0 Å². The molecule has 26 heavy (non-hydrogen) atoms. The van der Waals surface area contributed by atoms with Gasteiger partial charge in [-0.1, -0.05) is 12.2 Å². The third kappa shape index (κ3) is 2.38. The fourth-order valence-corrected chi connectivity index (χ4v) is 3.62. The Morgan fingerprint density at radius 3 is 2.73 bits per heavy atom. The number of benzene rings is 1. The molecule has 4 rings (SSSR count). The zero-order chi connectivity index (χ0) is 18.8. The molecule has 5 nitrogen and oxygen atoms in total. The Hall–Kier alpha value is -2.82. The van der Waals surface area contributed by atoms with Crippen molar-refractivity contribution < 1.29 is 19.1 Å². The van der Waals surface area contributed by atoms with Crippen LogP contribution in [0.2, 0.25) is 0 Å². The minimum absolute atomic E-state index is 0.0841. The van der Waals surface area contributed by atoms with Gasteiger partial charge in [-0.25, -0.2) is 0 Å². The summed E-state index contributed by atoms with van der Waals surface area (Å²) in [4.78, 5) is 25.6. The van der Waals surface area contributed by atoms with Crippen LogP contribution in [-0.2, 0) is 6.42 Å². The number of phenolic OH excluding ortho intramolecular Hbond substituents is 1. The molecule has 1 aliphatic heterocycles. The summed E-state index contributed by atoms with van der Waals surface area (Å²) in [5, 5.41) is 10.5. The van der Waals surface area contributed by atoms with Crippen LogP contribution in [-0.4, -0.2) is 16.5 Å². The van der Waals surface area contributed by atoms with Crippen molar-refractivity contribution in [1.29, 1.82) is 0 Å². The molecule has 2 aliphatic rings. The van der Waals surface area contributed by atoms with Gasteiger partial charge in [0.2, 0.25) is 0 Å². The van der Waals surface area contributed by atoms with E-state index in [1.165, 1.54) is 6.07 Å². The summed E-state index contributed by atoms with van der Waals surface area (Å²) < 4.78 is 11.7. The van der Waals surface area contributed by atoms with Crippen molar-refractivity contribution in [3.05, 3.63) is 51.4 Å². The zero-order valence-corrected chi connectivity index (χ0v) is 15.0. The SMILES string of the molecule is C=C(C)[C@@H]1CC(=O)c2oc3c4c(cc(O)c3c(=O)c2C1)OC(C)(C)C=C4. The molecule has 0 radical (unpaired) electrons. The van der Waals surface area contributed by atoms with E-state index in [2.05, 4.69) is 6.58 Å². The Morgan fingerprint density at radius 2 is 2.04 bits per heavy atom. The third-order valence-corrected chi connectivity index (χ3v) is 5.10. The van der Waals surface area contributed by atoms with Gasteiger partial charge in [-0.3, -0.25) is 9.59 Å². The Morgan fingerprint density at radius 1 is 1.31 bits per heavy atom. The lowest BCUT2D eigenvalue weighted by molar-refractivity contribution is 0.0925. The summed E-state index contributed by atoms with van der Waals surface area (Å²) >= 11 is 0. The maximum Gasteiger partial charge on any atom is 0.200 e. The van der Waals surface area contributed by atoms with Crippen LogP contribution in [0.1, 0.15) is 48.9 Å².